The molecule has 0 aromatic heterocycles. The molecule has 1 fully saturated rings. The SMILES string of the molecule is CC(C(=O)Nc1ccc(F)cc1)N1C(=O)C(=Cc2ccc(O)cc2)SC1=S. The second-order valence-electron chi connectivity index (χ2n) is 5.82. The predicted molar refractivity (Wildman–Crippen MR) is 108 cm³/mol. The van der Waals surface area contributed by atoms with Crippen LogP contribution in [0, 0.1) is 5.82 Å². The van der Waals surface area contributed by atoms with Crippen molar-refractivity contribution in [3.05, 3.63) is 64.8 Å². The molecule has 2 amide bonds. The fraction of sp³-hybridized carbons (Fsp3) is 0.105. The molecule has 1 heterocycles. The minimum Gasteiger partial charge on any atom is -0.508 e. The van der Waals surface area contributed by atoms with Gasteiger partial charge in [0.15, 0.2) is 0 Å². The summed E-state index contributed by atoms with van der Waals surface area (Å²) in [6.45, 7) is 1.58. The van der Waals surface area contributed by atoms with Gasteiger partial charge in [0.1, 0.15) is 21.9 Å². The van der Waals surface area contributed by atoms with E-state index in [9.17, 15) is 19.1 Å². The third-order valence-electron chi connectivity index (χ3n) is 3.89. The van der Waals surface area contributed by atoms with Crippen molar-refractivity contribution in [3.63, 3.8) is 0 Å². The second kappa shape index (κ2) is 7.89. The van der Waals surface area contributed by atoms with Crippen LogP contribution < -0.4 is 5.32 Å². The number of aromatic hydroxyl groups is 1. The minimum atomic E-state index is -0.826. The molecule has 1 unspecified atom stereocenters. The highest BCUT2D eigenvalue weighted by molar-refractivity contribution is 8.26. The number of hydrogen-bond acceptors (Lipinski definition) is 5. The molecule has 0 saturated carbocycles. The number of carbonyl (C=O) groups is 2. The quantitative estimate of drug-likeness (QED) is 0.602. The minimum absolute atomic E-state index is 0.130. The number of phenols is 1. The number of phenolic OH excluding ortho intramolecular Hbond substituents is 1. The van der Waals surface area contributed by atoms with Crippen molar-refractivity contribution in [1.82, 2.24) is 4.90 Å². The molecular formula is C19H15FN2O3S2. The number of halogens is 1. The maximum absolute atomic E-state index is 13.0. The summed E-state index contributed by atoms with van der Waals surface area (Å²) in [5, 5.41) is 12.0. The zero-order chi connectivity index (χ0) is 19.6. The Morgan fingerprint density at radius 3 is 2.48 bits per heavy atom. The first-order chi connectivity index (χ1) is 12.8. The first kappa shape index (κ1) is 19.1. The topological polar surface area (TPSA) is 69.6 Å². The Hall–Kier alpha value is -2.71. The number of thiocarbonyl (C=S) groups is 1. The van der Waals surface area contributed by atoms with Crippen LogP contribution >= 0.6 is 24.0 Å². The molecule has 8 heteroatoms. The Kier molecular flexibility index (Phi) is 5.57. The van der Waals surface area contributed by atoms with Gasteiger partial charge in [0, 0.05) is 5.69 Å². The van der Waals surface area contributed by atoms with Crippen LogP contribution in [0.15, 0.2) is 53.4 Å². The average Bonchev–Trinajstić information content (AvgIpc) is 2.91. The summed E-state index contributed by atoms with van der Waals surface area (Å²) in [7, 11) is 0. The second-order valence-corrected chi connectivity index (χ2v) is 7.49. The van der Waals surface area contributed by atoms with Gasteiger partial charge in [-0.05, 0) is 55.0 Å². The maximum Gasteiger partial charge on any atom is 0.266 e. The van der Waals surface area contributed by atoms with Gasteiger partial charge < -0.3 is 10.4 Å². The molecule has 0 bridgehead atoms. The third kappa shape index (κ3) is 4.35. The van der Waals surface area contributed by atoms with E-state index < -0.39 is 17.8 Å². The molecule has 1 aliphatic heterocycles. The molecule has 3 rings (SSSR count). The molecule has 27 heavy (non-hydrogen) atoms. The van der Waals surface area contributed by atoms with Gasteiger partial charge in [0.05, 0.1) is 4.91 Å². The summed E-state index contributed by atoms with van der Waals surface area (Å²) in [6.07, 6.45) is 1.66. The first-order valence-electron chi connectivity index (χ1n) is 7.97. The van der Waals surface area contributed by atoms with Gasteiger partial charge in [-0.3, -0.25) is 14.5 Å². The van der Waals surface area contributed by atoms with Crippen molar-refractivity contribution in [2.24, 2.45) is 0 Å². The van der Waals surface area contributed by atoms with Crippen molar-refractivity contribution in [2.75, 3.05) is 5.32 Å². The Balaban J connectivity index is 1.74. The largest absolute Gasteiger partial charge is 0.508 e. The summed E-state index contributed by atoms with van der Waals surface area (Å²) < 4.78 is 13.3. The third-order valence-corrected chi connectivity index (χ3v) is 5.22. The van der Waals surface area contributed by atoms with Gasteiger partial charge in [-0.2, -0.15) is 0 Å². The van der Waals surface area contributed by atoms with Crippen LogP contribution in [0.25, 0.3) is 6.08 Å². The zero-order valence-electron chi connectivity index (χ0n) is 14.2. The van der Waals surface area contributed by atoms with Crippen LogP contribution in [0.4, 0.5) is 10.1 Å². The standard InChI is InChI=1S/C19H15FN2O3S2/c1-11(17(24)21-14-6-4-13(20)5-7-14)22-18(25)16(27-19(22)26)10-12-2-8-15(23)9-3-12/h2-11,23H,1H3,(H,21,24). The Bertz CT molecular complexity index is 927. The Labute approximate surface area is 164 Å². The van der Waals surface area contributed by atoms with E-state index in [1.165, 1.54) is 41.3 Å². The molecule has 5 nitrogen and oxygen atoms in total. The van der Waals surface area contributed by atoms with E-state index in [-0.39, 0.29) is 16.0 Å². The van der Waals surface area contributed by atoms with E-state index in [0.717, 1.165) is 17.3 Å². The molecule has 1 atom stereocenters. The average molecular weight is 402 g/mol. The van der Waals surface area contributed by atoms with Gasteiger partial charge in [-0.15, -0.1) is 0 Å². The number of thioether (sulfide) groups is 1. The molecule has 2 aromatic rings. The highest BCUT2D eigenvalue weighted by Gasteiger charge is 2.38. The number of anilines is 1. The van der Waals surface area contributed by atoms with Crippen molar-refractivity contribution >= 4 is 51.9 Å². The van der Waals surface area contributed by atoms with E-state index in [0.29, 0.717) is 10.6 Å². The molecule has 2 N–H and O–H groups in total. The highest BCUT2D eigenvalue weighted by Crippen LogP contribution is 2.34. The normalized spacial score (nSPS) is 16.7. The number of nitrogens with one attached hydrogen (secondary N) is 1. The molecule has 1 aliphatic rings. The van der Waals surface area contributed by atoms with Gasteiger partial charge in [-0.1, -0.05) is 36.1 Å². The van der Waals surface area contributed by atoms with Gasteiger partial charge in [-0.25, -0.2) is 4.39 Å². The van der Waals surface area contributed by atoms with E-state index in [2.05, 4.69) is 5.32 Å². The van der Waals surface area contributed by atoms with Crippen LogP contribution in [0.2, 0.25) is 0 Å². The summed E-state index contributed by atoms with van der Waals surface area (Å²) in [5.74, 6) is -1.06. The molecule has 0 aliphatic carbocycles. The van der Waals surface area contributed by atoms with E-state index in [1.54, 1.807) is 25.1 Å². The van der Waals surface area contributed by atoms with E-state index in [1.807, 2.05) is 0 Å². The van der Waals surface area contributed by atoms with Crippen LogP contribution in [-0.2, 0) is 9.59 Å². The lowest BCUT2D eigenvalue weighted by Crippen LogP contribution is -2.44. The van der Waals surface area contributed by atoms with Gasteiger partial charge in [0.2, 0.25) is 5.91 Å². The Morgan fingerprint density at radius 2 is 1.85 bits per heavy atom. The van der Waals surface area contributed by atoms with E-state index in [4.69, 9.17) is 12.2 Å². The summed E-state index contributed by atoms with van der Waals surface area (Å²) in [4.78, 5) is 26.8. The lowest BCUT2D eigenvalue weighted by Gasteiger charge is -2.22. The van der Waals surface area contributed by atoms with Crippen LogP contribution in [0.1, 0.15) is 12.5 Å². The zero-order valence-corrected chi connectivity index (χ0v) is 15.8. The van der Waals surface area contributed by atoms with Crippen LogP contribution in [0.3, 0.4) is 0 Å². The maximum atomic E-state index is 13.0. The van der Waals surface area contributed by atoms with E-state index >= 15 is 0 Å². The van der Waals surface area contributed by atoms with Crippen LogP contribution in [0.5, 0.6) is 5.75 Å². The number of rotatable bonds is 4. The summed E-state index contributed by atoms with van der Waals surface area (Å²) in [6, 6.07) is 10.9. The number of nitrogens with zero attached hydrogens (tertiary/aromatic N) is 1. The predicted octanol–water partition coefficient (Wildman–Crippen LogP) is 3.76. The number of hydrogen-bond donors (Lipinski definition) is 2. The first-order valence-corrected chi connectivity index (χ1v) is 9.20. The van der Waals surface area contributed by atoms with Gasteiger partial charge >= 0.3 is 0 Å². The lowest BCUT2D eigenvalue weighted by molar-refractivity contribution is -0.129. The Morgan fingerprint density at radius 1 is 1.22 bits per heavy atom. The molecule has 138 valence electrons. The highest BCUT2D eigenvalue weighted by atomic mass is 32.2. The number of amides is 2. The summed E-state index contributed by atoms with van der Waals surface area (Å²) in [5.41, 5.74) is 1.16. The molecule has 0 spiro atoms. The van der Waals surface area contributed by atoms with Crippen molar-refractivity contribution in [2.45, 2.75) is 13.0 Å². The number of carbonyl (C=O) groups excluding carboxylic acids is 2. The molecule has 1 saturated heterocycles. The van der Waals surface area contributed by atoms with Crippen LogP contribution in [-0.4, -0.2) is 32.2 Å². The number of benzene rings is 2. The van der Waals surface area contributed by atoms with Crippen molar-refractivity contribution in [3.8, 4) is 5.75 Å². The van der Waals surface area contributed by atoms with Crippen molar-refractivity contribution in [1.29, 1.82) is 0 Å². The van der Waals surface area contributed by atoms with Crippen molar-refractivity contribution < 1.29 is 19.1 Å². The van der Waals surface area contributed by atoms with Gasteiger partial charge in [0.25, 0.3) is 5.91 Å². The smallest absolute Gasteiger partial charge is 0.266 e. The summed E-state index contributed by atoms with van der Waals surface area (Å²) >= 11 is 6.38. The molecular weight excluding hydrogens is 387 g/mol. The fourth-order valence-electron chi connectivity index (χ4n) is 2.43. The molecule has 0 radical (unpaired) electrons. The molecule has 2 aromatic carbocycles. The lowest BCUT2D eigenvalue weighted by atomic mass is 10.2. The monoisotopic (exact) mass is 402 g/mol. The fourth-order valence-corrected chi connectivity index (χ4v) is 3.85.